The van der Waals surface area contributed by atoms with Gasteiger partial charge in [0.25, 0.3) is 10.2 Å². The third-order valence-corrected chi connectivity index (χ3v) is 5.16. The van der Waals surface area contributed by atoms with Crippen molar-refractivity contribution in [3.05, 3.63) is 0 Å². The normalized spacial score (nSPS) is 30.2. The van der Waals surface area contributed by atoms with Gasteiger partial charge in [-0.25, -0.2) is 0 Å². The lowest BCUT2D eigenvalue weighted by atomic mass is 10.0. The van der Waals surface area contributed by atoms with Crippen LogP contribution in [0.1, 0.15) is 32.6 Å². The minimum absolute atomic E-state index is 0.102. The summed E-state index contributed by atoms with van der Waals surface area (Å²) in [6.45, 7) is 3.16. The predicted octanol–water partition coefficient (Wildman–Crippen LogP) is 0.0776. The lowest BCUT2D eigenvalue weighted by Gasteiger charge is -2.31. The van der Waals surface area contributed by atoms with Crippen LogP contribution in [0.4, 0.5) is 0 Å². The smallest absolute Gasteiger partial charge is 0.280 e. The first-order valence-corrected chi connectivity index (χ1v) is 7.31. The molecule has 0 bridgehead atoms. The molecule has 2 rings (SSSR count). The highest BCUT2D eigenvalue weighted by Gasteiger charge is 2.46. The SMILES string of the molecule is CC1CCCN(S(=O)(=O)NC2(CO)CC2)C1. The van der Waals surface area contributed by atoms with Crippen LogP contribution in [0, 0.1) is 5.92 Å². The third kappa shape index (κ3) is 2.56. The average Bonchev–Trinajstić information content (AvgIpc) is 2.98. The van der Waals surface area contributed by atoms with Crippen molar-refractivity contribution >= 4 is 10.2 Å². The lowest BCUT2D eigenvalue weighted by Crippen LogP contribution is -2.50. The summed E-state index contributed by atoms with van der Waals surface area (Å²) in [5.74, 6) is 0.426. The van der Waals surface area contributed by atoms with Crippen molar-refractivity contribution in [3.8, 4) is 0 Å². The molecule has 1 aliphatic heterocycles. The maximum Gasteiger partial charge on any atom is 0.280 e. The van der Waals surface area contributed by atoms with E-state index in [9.17, 15) is 8.42 Å². The van der Waals surface area contributed by atoms with Gasteiger partial charge in [0, 0.05) is 13.1 Å². The fourth-order valence-electron chi connectivity index (χ4n) is 2.15. The zero-order valence-corrected chi connectivity index (χ0v) is 10.5. The zero-order valence-electron chi connectivity index (χ0n) is 9.65. The van der Waals surface area contributed by atoms with E-state index in [0.29, 0.717) is 19.0 Å². The van der Waals surface area contributed by atoms with Crippen molar-refractivity contribution in [1.29, 1.82) is 0 Å². The monoisotopic (exact) mass is 248 g/mol. The molecular formula is C10H20N2O3S. The second-order valence-electron chi connectivity index (χ2n) is 5.15. The molecule has 0 aromatic heterocycles. The summed E-state index contributed by atoms with van der Waals surface area (Å²) in [6, 6.07) is 0. The molecule has 0 aromatic rings. The number of hydrogen-bond acceptors (Lipinski definition) is 3. The van der Waals surface area contributed by atoms with Gasteiger partial charge in [0.05, 0.1) is 12.1 Å². The Balaban J connectivity index is 2.01. The van der Waals surface area contributed by atoms with Crippen molar-refractivity contribution in [2.45, 2.75) is 38.1 Å². The predicted molar refractivity (Wildman–Crippen MR) is 61.1 cm³/mol. The topological polar surface area (TPSA) is 69.6 Å². The molecule has 0 aromatic carbocycles. The van der Waals surface area contributed by atoms with Crippen LogP contribution in [0.5, 0.6) is 0 Å². The lowest BCUT2D eigenvalue weighted by molar-refractivity contribution is 0.237. The minimum Gasteiger partial charge on any atom is -0.394 e. The number of rotatable bonds is 4. The summed E-state index contributed by atoms with van der Waals surface area (Å²) in [4.78, 5) is 0. The summed E-state index contributed by atoms with van der Waals surface area (Å²) in [5.41, 5.74) is -0.556. The molecule has 6 heteroatoms. The molecule has 2 N–H and O–H groups in total. The third-order valence-electron chi connectivity index (χ3n) is 3.46. The van der Waals surface area contributed by atoms with Gasteiger partial charge < -0.3 is 5.11 Å². The van der Waals surface area contributed by atoms with Crippen molar-refractivity contribution in [2.24, 2.45) is 5.92 Å². The maximum absolute atomic E-state index is 12.0. The van der Waals surface area contributed by atoms with Gasteiger partial charge in [-0.1, -0.05) is 6.92 Å². The fourth-order valence-corrected chi connectivity index (χ4v) is 3.91. The summed E-state index contributed by atoms with van der Waals surface area (Å²) >= 11 is 0. The quantitative estimate of drug-likeness (QED) is 0.740. The number of aliphatic hydroxyl groups excluding tert-OH is 1. The summed E-state index contributed by atoms with van der Waals surface area (Å²) < 4.78 is 28.2. The molecule has 0 spiro atoms. The van der Waals surface area contributed by atoms with E-state index in [4.69, 9.17) is 5.11 Å². The van der Waals surface area contributed by atoms with Crippen LogP contribution in [-0.2, 0) is 10.2 Å². The van der Waals surface area contributed by atoms with Crippen molar-refractivity contribution in [3.63, 3.8) is 0 Å². The largest absolute Gasteiger partial charge is 0.394 e. The van der Waals surface area contributed by atoms with Gasteiger partial charge in [-0.15, -0.1) is 0 Å². The van der Waals surface area contributed by atoms with E-state index in [1.54, 1.807) is 0 Å². The molecule has 0 amide bonds. The summed E-state index contributed by atoms with van der Waals surface area (Å²) in [7, 11) is -3.40. The Labute approximate surface area is 97.0 Å². The van der Waals surface area contributed by atoms with E-state index in [-0.39, 0.29) is 6.61 Å². The van der Waals surface area contributed by atoms with Crippen molar-refractivity contribution in [2.75, 3.05) is 19.7 Å². The van der Waals surface area contributed by atoms with Gasteiger partial charge >= 0.3 is 0 Å². The molecule has 16 heavy (non-hydrogen) atoms. The van der Waals surface area contributed by atoms with E-state index >= 15 is 0 Å². The van der Waals surface area contributed by atoms with E-state index in [1.807, 2.05) is 0 Å². The van der Waals surface area contributed by atoms with Crippen LogP contribution in [0.2, 0.25) is 0 Å². The standard InChI is InChI=1S/C10H20N2O3S/c1-9-3-2-6-12(7-9)16(14,15)11-10(8-13)4-5-10/h9,11,13H,2-8H2,1H3. The highest BCUT2D eigenvalue weighted by Crippen LogP contribution is 2.36. The van der Waals surface area contributed by atoms with Crippen LogP contribution in [0.25, 0.3) is 0 Å². The maximum atomic E-state index is 12.0. The Hall–Kier alpha value is -0.170. The molecule has 0 radical (unpaired) electrons. The molecule has 94 valence electrons. The Kier molecular flexibility index (Phi) is 3.27. The van der Waals surface area contributed by atoms with E-state index in [1.165, 1.54) is 4.31 Å². The first kappa shape index (κ1) is 12.3. The van der Waals surface area contributed by atoms with E-state index < -0.39 is 15.7 Å². The average molecular weight is 248 g/mol. The highest BCUT2D eigenvalue weighted by atomic mass is 32.2. The van der Waals surface area contributed by atoms with Crippen molar-refractivity contribution < 1.29 is 13.5 Å². The van der Waals surface area contributed by atoms with Crippen LogP contribution >= 0.6 is 0 Å². The van der Waals surface area contributed by atoms with Crippen LogP contribution in [0.3, 0.4) is 0 Å². The second kappa shape index (κ2) is 4.25. The van der Waals surface area contributed by atoms with Crippen molar-refractivity contribution in [1.82, 2.24) is 9.03 Å². The Morgan fingerprint density at radius 1 is 1.50 bits per heavy atom. The Morgan fingerprint density at radius 3 is 2.69 bits per heavy atom. The van der Waals surface area contributed by atoms with Gasteiger partial charge in [-0.2, -0.15) is 17.4 Å². The van der Waals surface area contributed by atoms with Crippen LogP contribution < -0.4 is 4.72 Å². The van der Waals surface area contributed by atoms with Gasteiger partial charge in [0.2, 0.25) is 0 Å². The molecule has 2 fully saturated rings. The fraction of sp³-hybridized carbons (Fsp3) is 1.00. The van der Waals surface area contributed by atoms with E-state index in [0.717, 1.165) is 25.7 Å². The molecule has 1 unspecified atom stereocenters. The second-order valence-corrected chi connectivity index (χ2v) is 6.82. The molecule has 1 heterocycles. The summed E-state index contributed by atoms with van der Waals surface area (Å²) in [5, 5.41) is 9.12. The van der Waals surface area contributed by atoms with Gasteiger partial charge in [-0.05, 0) is 31.6 Å². The number of aliphatic hydroxyl groups is 1. The van der Waals surface area contributed by atoms with E-state index in [2.05, 4.69) is 11.6 Å². The van der Waals surface area contributed by atoms with Gasteiger partial charge in [-0.3, -0.25) is 0 Å². The molecule has 1 saturated carbocycles. The first-order chi connectivity index (χ1) is 7.47. The molecule has 1 aliphatic carbocycles. The zero-order chi connectivity index (χ0) is 11.8. The number of nitrogens with one attached hydrogen (secondary N) is 1. The number of piperidine rings is 1. The molecule has 1 atom stereocenters. The van der Waals surface area contributed by atoms with Gasteiger partial charge in [0.15, 0.2) is 0 Å². The van der Waals surface area contributed by atoms with Gasteiger partial charge in [0.1, 0.15) is 0 Å². The molecule has 5 nitrogen and oxygen atoms in total. The first-order valence-electron chi connectivity index (χ1n) is 5.87. The molecule has 2 aliphatic rings. The molecule has 1 saturated heterocycles. The minimum atomic E-state index is -3.40. The van der Waals surface area contributed by atoms with Crippen LogP contribution in [0.15, 0.2) is 0 Å². The van der Waals surface area contributed by atoms with Crippen LogP contribution in [-0.4, -0.2) is 43.1 Å². The number of hydrogen-bond donors (Lipinski definition) is 2. The summed E-state index contributed by atoms with van der Waals surface area (Å²) in [6.07, 6.45) is 3.50. The Bertz CT molecular complexity index is 351. The highest BCUT2D eigenvalue weighted by molar-refractivity contribution is 7.87. The Morgan fingerprint density at radius 2 is 2.19 bits per heavy atom. The number of nitrogens with zero attached hydrogens (tertiary/aromatic N) is 1. The molecular weight excluding hydrogens is 228 g/mol.